The fourth-order valence-corrected chi connectivity index (χ4v) is 6.01. The zero-order valence-corrected chi connectivity index (χ0v) is 22.3. The van der Waals surface area contributed by atoms with Gasteiger partial charge < -0.3 is 15.2 Å². The summed E-state index contributed by atoms with van der Waals surface area (Å²) in [6, 6.07) is 16.5. The molecule has 0 bridgehead atoms. The number of pyridine rings is 2. The van der Waals surface area contributed by atoms with Crippen LogP contribution in [0.25, 0.3) is 10.9 Å². The summed E-state index contributed by atoms with van der Waals surface area (Å²) in [5.41, 5.74) is 12.7. The van der Waals surface area contributed by atoms with Gasteiger partial charge in [-0.2, -0.15) is 0 Å². The number of aromatic nitrogens is 2. The molecule has 0 saturated carbocycles. The van der Waals surface area contributed by atoms with Gasteiger partial charge in [-0.25, -0.2) is 9.37 Å². The lowest BCUT2D eigenvalue weighted by Crippen LogP contribution is -2.34. The normalized spacial score (nSPS) is 15.3. The third-order valence-electron chi connectivity index (χ3n) is 6.68. The van der Waals surface area contributed by atoms with Crippen molar-refractivity contribution in [2.75, 3.05) is 12.4 Å². The maximum absolute atomic E-state index is 13.9. The van der Waals surface area contributed by atoms with Gasteiger partial charge in [0.2, 0.25) is 0 Å². The number of halogens is 1. The smallest absolute Gasteiger partial charge is 0.323 e. The van der Waals surface area contributed by atoms with E-state index in [0.29, 0.717) is 17.9 Å². The number of aryl methyl sites for hydroxylation is 3. The number of fused-ring (bicyclic) bond motifs is 3. The van der Waals surface area contributed by atoms with E-state index in [1.54, 1.807) is 31.7 Å². The van der Waals surface area contributed by atoms with Crippen LogP contribution in [-0.4, -0.2) is 34.3 Å². The predicted octanol–water partition coefficient (Wildman–Crippen LogP) is 5.47. The third kappa shape index (κ3) is 5.66. The lowest BCUT2D eigenvalue weighted by Gasteiger charge is -2.22. The highest BCUT2D eigenvalue weighted by atomic mass is 32.2. The molecule has 0 saturated heterocycles. The number of carbonyl (C=O) groups excluding carboxylic acids is 1. The molecule has 38 heavy (non-hydrogen) atoms. The topological polar surface area (TPSA) is 87.3 Å². The van der Waals surface area contributed by atoms with E-state index < -0.39 is 12.0 Å². The van der Waals surface area contributed by atoms with Gasteiger partial charge in [-0.05, 0) is 85.3 Å². The van der Waals surface area contributed by atoms with Gasteiger partial charge in [0.15, 0.2) is 0 Å². The minimum Gasteiger partial charge on any atom is -0.487 e. The first-order valence-corrected chi connectivity index (χ1v) is 13.8. The minimum atomic E-state index is -0.706. The van der Waals surface area contributed by atoms with Crippen LogP contribution < -0.4 is 10.5 Å². The maximum atomic E-state index is 13.9. The summed E-state index contributed by atoms with van der Waals surface area (Å²) in [6.45, 7) is 4.10. The Hall–Kier alpha value is -3.49. The molecule has 6 nitrogen and oxygen atoms in total. The van der Waals surface area contributed by atoms with Crippen molar-refractivity contribution >= 4 is 28.6 Å². The molecule has 0 radical (unpaired) electrons. The van der Waals surface area contributed by atoms with E-state index in [1.165, 1.54) is 11.6 Å². The van der Waals surface area contributed by atoms with Crippen molar-refractivity contribution in [1.29, 1.82) is 0 Å². The largest absolute Gasteiger partial charge is 0.487 e. The fourth-order valence-electron chi connectivity index (χ4n) is 4.68. The molecule has 0 aliphatic heterocycles. The van der Waals surface area contributed by atoms with E-state index in [4.69, 9.17) is 15.2 Å². The Morgan fingerprint density at radius 2 is 2.03 bits per heavy atom. The van der Waals surface area contributed by atoms with Gasteiger partial charge in [0.1, 0.15) is 24.2 Å². The molecule has 1 aliphatic rings. The number of ether oxygens (including phenoxy) is 2. The van der Waals surface area contributed by atoms with Gasteiger partial charge in [0.25, 0.3) is 0 Å². The number of hydrogen-bond acceptors (Lipinski definition) is 7. The highest BCUT2D eigenvalue weighted by Gasteiger charge is 2.27. The molecular weight excluding hydrogens is 501 g/mol. The average molecular weight is 532 g/mol. The lowest BCUT2D eigenvalue weighted by molar-refractivity contribution is -0.144. The van der Waals surface area contributed by atoms with Crippen LogP contribution in [0.5, 0.6) is 5.75 Å². The number of carbonyl (C=O) groups is 1. The Morgan fingerprint density at radius 1 is 1.16 bits per heavy atom. The Balaban J connectivity index is 1.39. The Bertz CT molecular complexity index is 1480. The molecule has 2 atom stereocenters. The SMILES string of the molecule is CCOC(=O)C(N)CSC1c2cc(OCc3ccc4cc(F)c(C)cc4n3)ccc2CCc2ncccc21. The van der Waals surface area contributed by atoms with E-state index >= 15 is 0 Å². The quantitative estimate of drug-likeness (QED) is 0.302. The summed E-state index contributed by atoms with van der Waals surface area (Å²) < 4.78 is 25.2. The Morgan fingerprint density at radius 3 is 2.87 bits per heavy atom. The third-order valence-corrected chi connectivity index (χ3v) is 8.08. The van der Waals surface area contributed by atoms with Crippen LogP contribution in [0.2, 0.25) is 0 Å². The summed E-state index contributed by atoms with van der Waals surface area (Å²) in [4.78, 5) is 21.4. The van der Waals surface area contributed by atoms with Gasteiger partial charge in [-0.1, -0.05) is 18.2 Å². The van der Waals surface area contributed by atoms with Crippen LogP contribution in [-0.2, 0) is 29.0 Å². The molecule has 1 aliphatic carbocycles. The number of thioether (sulfide) groups is 1. The maximum Gasteiger partial charge on any atom is 0.323 e. The standard InChI is InChI=1S/C30H30FN3O3S/c1-3-36-30(35)26(32)17-38-29-23-5-4-12-33-27(23)11-8-19-7-10-22(15-24(19)29)37-16-21-9-6-20-14-25(31)18(2)13-28(20)34-21/h4-7,9-10,12-15,26,29H,3,8,11,16-17,32H2,1-2H3. The molecule has 2 heterocycles. The Kier molecular flexibility index (Phi) is 7.90. The zero-order valence-electron chi connectivity index (χ0n) is 21.4. The van der Waals surface area contributed by atoms with Crippen molar-refractivity contribution in [2.45, 2.75) is 44.6 Å². The zero-order chi connectivity index (χ0) is 26.6. The number of nitrogens with two attached hydrogens (primary N) is 1. The first-order valence-electron chi connectivity index (χ1n) is 12.7. The Labute approximate surface area is 225 Å². The van der Waals surface area contributed by atoms with Crippen molar-refractivity contribution in [3.8, 4) is 5.75 Å². The first-order chi connectivity index (χ1) is 18.4. The van der Waals surface area contributed by atoms with Crippen LogP contribution in [0.15, 0.2) is 60.8 Å². The van der Waals surface area contributed by atoms with E-state index in [-0.39, 0.29) is 17.7 Å². The lowest BCUT2D eigenvalue weighted by atomic mass is 10.0. The van der Waals surface area contributed by atoms with Crippen molar-refractivity contribution in [3.63, 3.8) is 0 Å². The van der Waals surface area contributed by atoms with Crippen LogP contribution >= 0.6 is 11.8 Å². The molecule has 8 heteroatoms. The van der Waals surface area contributed by atoms with Gasteiger partial charge in [0, 0.05) is 23.0 Å². The minimum absolute atomic E-state index is 0.0445. The molecule has 5 rings (SSSR count). The summed E-state index contributed by atoms with van der Waals surface area (Å²) in [5.74, 6) is 0.524. The highest BCUT2D eigenvalue weighted by molar-refractivity contribution is 7.99. The second kappa shape index (κ2) is 11.5. The van der Waals surface area contributed by atoms with Crippen molar-refractivity contribution in [3.05, 3.63) is 100 Å². The van der Waals surface area contributed by atoms with E-state index in [1.807, 2.05) is 30.5 Å². The second-order valence-electron chi connectivity index (χ2n) is 9.36. The second-order valence-corrected chi connectivity index (χ2v) is 10.5. The number of nitrogens with zero attached hydrogens (tertiary/aromatic N) is 2. The number of benzene rings is 2. The monoisotopic (exact) mass is 531 g/mol. The van der Waals surface area contributed by atoms with Crippen LogP contribution in [0.1, 0.15) is 45.8 Å². The number of rotatable bonds is 8. The van der Waals surface area contributed by atoms with E-state index in [0.717, 1.165) is 52.0 Å². The van der Waals surface area contributed by atoms with Crippen LogP contribution in [0.4, 0.5) is 4.39 Å². The highest BCUT2D eigenvalue weighted by Crippen LogP contribution is 2.42. The fraction of sp³-hybridized carbons (Fsp3) is 0.300. The van der Waals surface area contributed by atoms with Gasteiger partial charge >= 0.3 is 5.97 Å². The predicted molar refractivity (Wildman–Crippen MR) is 148 cm³/mol. The average Bonchev–Trinajstić information content (AvgIpc) is 3.07. The number of hydrogen-bond donors (Lipinski definition) is 1. The van der Waals surface area contributed by atoms with Gasteiger partial charge in [-0.15, -0.1) is 11.8 Å². The molecule has 0 fully saturated rings. The molecule has 0 spiro atoms. The molecule has 2 N–H and O–H groups in total. The molecule has 2 aromatic heterocycles. The van der Waals surface area contributed by atoms with Gasteiger partial charge in [0.05, 0.1) is 23.1 Å². The van der Waals surface area contributed by atoms with Crippen LogP contribution in [0.3, 0.4) is 0 Å². The van der Waals surface area contributed by atoms with Crippen molar-refractivity contribution in [1.82, 2.24) is 9.97 Å². The van der Waals surface area contributed by atoms with Gasteiger partial charge in [-0.3, -0.25) is 9.78 Å². The van der Waals surface area contributed by atoms with Crippen molar-refractivity contribution in [2.24, 2.45) is 5.73 Å². The summed E-state index contributed by atoms with van der Waals surface area (Å²) in [6.07, 6.45) is 3.52. The van der Waals surface area contributed by atoms with Crippen LogP contribution in [0, 0.1) is 12.7 Å². The molecule has 4 aromatic rings. The van der Waals surface area contributed by atoms with E-state index in [2.05, 4.69) is 28.2 Å². The van der Waals surface area contributed by atoms with Crippen molar-refractivity contribution < 1.29 is 18.7 Å². The number of esters is 1. The summed E-state index contributed by atoms with van der Waals surface area (Å²) >= 11 is 1.62. The molecule has 196 valence electrons. The molecule has 2 aromatic carbocycles. The summed E-state index contributed by atoms with van der Waals surface area (Å²) in [7, 11) is 0. The molecule has 0 amide bonds. The first kappa shape index (κ1) is 26.1. The molecular formula is C30H30FN3O3S. The van der Waals surface area contributed by atoms with E-state index in [9.17, 15) is 9.18 Å². The molecule has 2 unspecified atom stereocenters. The summed E-state index contributed by atoms with van der Waals surface area (Å²) in [5, 5.41) is 0.715.